The molecule has 2 aliphatic carbocycles. The van der Waals surface area contributed by atoms with Crippen LogP contribution >= 0.6 is 0 Å². The Labute approximate surface area is 152 Å². The van der Waals surface area contributed by atoms with E-state index in [4.69, 9.17) is 5.11 Å². The highest BCUT2D eigenvalue weighted by Crippen LogP contribution is 2.50. The average molecular weight is 347 g/mol. The molecule has 0 radical (unpaired) electrons. The van der Waals surface area contributed by atoms with Crippen LogP contribution in [0.2, 0.25) is 0 Å². The summed E-state index contributed by atoms with van der Waals surface area (Å²) in [4.78, 5) is 10.5. The molecule has 0 amide bonds. The van der Waals surface area contributed by atoms with Crippen molar-refractivity contribution in [3.05, 3.63) is 36.5 Å². The number of rotatable bonds is 12. The molecule has 140 valence electrons. The number of aliphatic carboxylic acids is 1. The van der Waals surface area contributed by atoms with Crippen molar-refractivity contribution in [2.75, 3.05) is 0 Å². The lowest BCUT2D eigenvalue weighted by Gasteiger charge is -2.25. The first-order valence-corrected chi connectivity index (χ1v) is 10.0. The molecule has 2 bridgehead atoms. The smallest absolute Gasteiger partial charge is 0.303 e. The van der Waals surface area contributed by atoms with Gasteiger partial charge < -0.3 is 10.2 Å². The molecule has 25 heavy (non-hydrogen) atoms. The normalized spacial score (nSPS) is 29.2. The first-order chi connectivity index (χ1) is 12.1. The summed E-state index contributed by atoms with van der Waals surface area (Å²) in [6.07, 6.45) is 21.6. The van der Waals surface area contributed by atoms with Gasteiger partial charge in [-0.05, 0) is 55.8 Å². The largest absolute Gasteiger partial charge is 0.481 e. The fourth-order valence-corrected chi connectivity index (χ4v) is 4.28. The molecule has 1 saturated carbocycles. The molecule has 0 aromatic carbocycles. The quantitative estimate of drug-likeness (QED) is 0.381. The summed E-state index contributed by atoms with van der Waals surface area (Å²) in [6.45, 7) is 2.18. The van der Waals surface area contributed by atoms with Crippen LogP contribution in [0.25, 0.3) is 0 Å². The fourth-order valence-electron chi connectivity index (χ4n) is 4.28. The Kier molecular flexibility index (Phi) is 8.47. The molecule has 0 aliphatic heterocycles. The lowest BCUT2D eigenvalue weighted by molar-refractivity contribution is -0.137. The highest BCUT2D eigenvalue weighted by atomic mass is 16.4. The number of allylic oxidation sites excluding steroid dienone is 5. The van der Waals surface area contributed by atoms with E-state index in [0.29, 0.717) is 23.7 Å². The van der Waals surface area contributed by atoms with Crippen molar-refractivity contribution >= 4 is 5.97 Å². The summed E-state index contributed by atoms with van der Waals surface area (Å²) in [5.74, 6) is 1.76. The van der Waals surface area contributed by atoms with Crippen LogP contribution in [0.15, 0.2) is 36.5 Å². The number of unbranched alkanes of at least 4 members (excludes halogenated alkanes) is 3. The van der Waals surface area contributed by atoms with E-state index < -0.39 is 5.97 Å². The third kappa shape index (κ3) is 6.47. The zero-order valence-electron chi connectivity index (χ0n) is 15.5. The van der Waals surface area contributed by atoms with Crippen molar-refractivity contribution in [2.45, 2.75) is 70.8 Å². The van der Waals surface area contributed by atoms with E-state index in [0.717, 1.165) is 32.1 Å². The lowest BCUT2D eigenvalue weighted by atomic mass is 9.80. The van der Waals surface area contributed by atoms with Crippen LogP contribution in [0.4, 0.5) is 0 Å². The molecule has 1 unspecified atom stereocenters. The number of carbonyl (C=O) groups is 1. The number of hydrogen-bond acceptors (Lipinski definition) is 2. The van der Waals surface area contributed by atoms with Gasteiger partial charge in [0.1, 0.15) is 0 Å². The highest BCUT2D eigenvalue weighted by molar-refractivity contribution is 5.66. The van der Waals surface area contributed by atoms with E-state index in [1.54, 1.807) is 0 Å². The maximum Gasteiger partial charge on any atom is 0.303 e. The lowest BCUT2D eigenvalue weighted by Crippen LogP contribution is -2.17. The fraction of sp³-hybridized carbons (Fsp3) is 0.682. The minimum absolute atomic E-state index is 0.252. The second-order valence-electron chi connectivity index (χ2n) is 7.63. The number of fused-ring (bicyclic) bond motifs is 2. The second kappa shape index (κ2) is 10.6. The molecule has 0 saturated heterocycles. The van der Waals surface area contributed by atoms with Gasteiger partial charge in [-0.1, -0.05) is 62.6 Å². The van der Waals surface area contributed by atoms with Gasteiger partial charge in [0.05, 0.1) is 6.10 Å². The van der Waals surface area contributed by atoms with Gasteiger partial charge in [0, 0.05) is 6.42 Å². The first-order valence-electron chi connectivity index (χ1n) is 10.0. The summed E-state index contributed by atoms with van der Waals surface area (Å²) in [5, 5.41) is 18.8. The van der Waals surface area contributed by atoms with E-state index in [1.165, 1.54) is 19.3 Å². The Morgan fingerprint density at radius 1 is 1.20 bits per heavy atom. The van der Waals surface area contributed by atoms with Gasteiger partial charge in [-0.15, -0.1) is 0 Å². The predicted octanol–water partition coefficient (Wildman–Crippen LogP) is 5.12. The van der Waals surface area contributed by atoms with E-state index >= 15 is 0 Å². The van der Waals surface area contributed by atoms with Crippen molar-refractivity contribution in [3.63, 3.8) is 0 Å². The van der Waals surface area contributed by atoms with Crippen LogP contribution in [0, 0.1) is 23.7 Å². The molecule has 2 rings (SSSR count). The van der Waals surface area contributed by atoms with Crippen LogP contribution < -0.4 is 0 Å². The molecule has 3 heteroatoms. The molecule has 0 spiro atoms. The number of hydrogen-bond donors (Lipinski definition) is 2. The van der Waals surface area contributed by atoms with Crippen molar-refractivity contribution in [3.8, 4) is 0 Å². The third-order valence-corrected chi connectivity index (χ3v) is 5.68. The molecule has 2 aliphatic rings. The van der Waals surface area contributed by atoms with Crippen LogP contribution in [-0.4, -0.2) is 22.3 Å². The van der Waals surface area contributed by atoms with Crippen LogP contribution in [-0.2, 0) is 4.79 Å². The Morgan fingerprint density at radius 3 is 2.76 bits per heavy atom. The van der Waals surface area contributed by atoms with E-state index in [-0.39, 0.29) is 12.5 Å². The monoisotopic (exact) mass is 346 g/mol. The summed E-state index contributed by atoms with van der Waals surface area (Å²) < 4.78 is 0. The van der Waals surface area contributed by atoms with Crippen molar-refractivity contribution in [1.82, 2.24) is 0 Å². The van der Waals surface area contributed by atoms with Crippen molar-refractivity contribution in [2.24, 2.45) is 23.7 Å². The molecule has 5 atom stereocenters. The molecule has 2 N–H and O–H groups in total. The molecule has 0 heterocycles. The topological polar surface area (TPSA) is 57.5 Å². The summed E-state index contributed by atoms with van der Waals surface area (Å²) in [5.41, 5.74) is 0. The van der Waals surface area contributed by atoms with Crippen molar-refractivity contribution in [1.29, 1.82) is 0 Å². The minimum Gasteiger partial charge on any atom is -0.481 e. The average Bonchev–Trinajstić information content (AvgIpc) is 3.17. The number of carboxylic acids is 1. The Balaban J connectivity index is 1.79. The van der Waals surface area contributed by atoms with Gasteiger partial charge in [-0.3, -0.25) is 4.79 Å². The molecular formula is C22H34O3. The zero-order valence-corrected chi connectivity index (χ0v) is 15.5. The van der Waals surface area contributed by atoms with Crippen LogP contribution in [0.1, 0.15) is 64.7 Å². The Hall–Kier alpha value is -1.35. The van der Waals surface area contributed by atoms with E-state index in [2.05, 4.69) is 37.3 Å². The maximum absolute atomic E-state index is 10.5. The molecule has 1 fully saturated rings. The van der Waals surface area contributed by atoms with Gasteiger partial charge in [0.25, 0.3) is 0 Å². The summed E-state index contributed by atoms with van der Waals surface area (Å²) in [6, 6.07) is 0. The van der Waals surface area contributed by atoms with E-state index in [9.17, 15) is 9.90 Å². The zero-order chi connectivity index (χ0) is 18.1. The Morgan fingerprint density at radius 2 is 2.00 bits per heavy atom. The minimum atomic E-state index is -0.714. The summed E-state index contributed by atoms with van der Waals surface area (Å²) in [7, 11) is 0. The predicted molar refractivity (Wildman–Crippen MR) is 102 cm³/mol. The molecule has 0 aromatic heterocycles. The van der Waals surface area contributed by atoms with Crippen molar-refractivity contribution < 1.29 is 15.0 Å². The molecule has 0 aromatic rings. The molecule has 3 nitrogen and oxygen atoms in total. The van der Waals surface area contributed by atoms with Gasteiger partial charge in [-0.2, -0.15) is 0 Å². The first kappa shape index (κ1) is 20.0. The standard InChI is InChI=1S/C22H34O3/c1-2-3-6-9-19(23)14-15-21-18-13-12-17(16-18)20(21)10-7-4-5-8-11-22(24)25/h4,7,12-15,17-21,23H,2-3,5-6,8-11,16H2,1H3,(H,24,25)/b7-4+,15-14+/t17-,18-,19+,20+,21?/m1/s1. The highest BCUT2D eigenvalue weighted by Gasteiger charge is 2.42. The Bertz CT molecular complexity index is 492. The SMILES string of the molecule is CCCCC[C@H](O)/C=C/C1[C@@H]2C=C[C@H](C2)[C@@H]1C/C=C/CCCC(=O)O. The van der Waals surface area contributed by atoms with Gasteiger partial charge in [0.15, 0.2) is 0 Å². The van der Waals surface area contributed by atoms with Crippen LogP contribution in [0.3, 0.4) is 0 Å². The number of carboxylic acid groups (broad SMARTS) is 1. The number of aliphatic hydroxyl groups is 1. The van der Waals surface area contributed by atoms with E-state index in [1.807, 2.05) is 6.08 Å². The van der Waals surface area contributed by atoms with Gasteiger partial charge in [0.2, 0.25) is 0 Å². The maximum atomic E-state index is 10.5. The van der Waals surface area contributed by atoms with Gasteiger partial charge in [-0.25, -0.2) is 0 Å². The van der Waals surface area contributed by atoms with Crippen LogP contribution in [0.5, 0.6) is 0 Å². The number of aliphatic hydroxyl groups excluding tert-OH is 1. The van der Waals surface area contributed by atoms with Gasteiger partial charge >= 0.3 is 5.97 Å². The second-order valence-corrected chi connectivity index (χ2v) is 7.63. The molecular weight excluding hydrogens is 312 g/mol. The summed E-state index contributed by atoms with van der Waals surface area (Å²) >= 11 is 0. The third-order valence-electron chi connectivity index (χ3n) is 5.68.